The van der Waals surface area contributed by atoms with Crippen LogP contribution in [-0.4, -0.2) is 14.8 Å². The first-order valence-electron chi connectivity index (χ1n) is 5.98. The van der Waals surface area contributed by atoms with Crippen LogP contribution >= 0.6 is 11.3 Å². The Hall–Kier alpha value is -1.20. The molecular formula is C12H18N4S. The fourth-order valence-electron chi connectivity index (χ4n) is 1.69. The van der Waals surface area contributed by atoms with E-state index in [2.05, 4.69) is 35.3 Å². The van der Waals surface area contributed by atoms with E-state index in [1.54, 1.807) is 11.3 Å². The molecule has 0 aliphatic heterocycles. The molecule has 5 heteroatoms. The van der Waals surface area contributed by atoms with Crippen molar-refractivity contribution >= 4 is 11.3 Å². The van der Waals surface area contributed by atoms with Crippen molar-refractivity contribution in [3.8, 4) is 0 Å². The monoisotopic (exact) mass is 250 g/mol. The van der Waals surface area contributed by atoms with Crippen molar-refractivity contribution in [2.24, 2.45) is 0 Å². The minimum Gasteiger partial charge on any atom is -0.305 e. The summed E-state index contributed by atoms with van der Waals surface area (Å²) in [7, 11) is 0. The third-order valence-corrected chi connectivity index (χ3v) is 3.78. The molecule has 0 saturated carbocycles. The second-order valence-corrected chi connectivity index (χ2v) is 5.02. The van der Waals surface area contributed by atoms with E-state index in [-0.39, 0.29) is 0 Å². The maximum Gasteiger partial charge on any atom is 0.107 e. The second kappa shape index (κ2) is 5.93. The van der Waals surface area contributed by atoms with E-state index in [0.29, 0.717) is 0 Å². The summed E-state index contributed by atoms with van der Waals surface area (Å²) >= 11 is 1.78. The Labute approximate surface area is 106 Å². The van der Waals surface area contributed by atoms with Crippen molar-refractivity contribution in [3.05, 3.63) is 34.0 Å². The zero-order chi connectivity index (χ0) is 12.1. The Balaban J connectivity index is 1.83. The number of aryl methyl sites for hydroxylation is 2. The van der Waals surface area contributed by atoms with Gasteiger partial charge in [-0.25, -0.2) is 4.98 Å². The summed E-state index contributed by atoms with van der Waals surface area (Å²) in [6, 6.07) is 2.05. The van der Waals surface area contributed by atoms with Gasteiger partial charge in [0.2, 0.25) is 0 Å². The first-order valence-corrected chi connectivity index (χ1v) is 6.80. The van der Waals surface area contributed by atoms with Crippen molar-refractivity contribution in [1.29, 1.82) is 0 Å². The van der Waals surface area contributed by atoms with Gasteiger partial charge in [-0.2, -0.15) is 5.10 Å². The maximum absolute atomic E-state index is 4.38. The van der Waals surface area contributed by atoms with Crippen LogP contribution in [0.5, 0.6) is 0 Å². The van der Waals surface area contributed by atoms with E-state index in [9.17, 15) is 0 Å². The Morgan fingerprint density at radius 1 is 1.35 bits per heavy atom. The molecule has 0 bridgehead atoms. The molecule has 0 radical (unpaired) electrons. The molecule has 2 rings (SSSR count). The van der Waals surface area contributed by atoms with Crippen LogP contribution < -0.4 is 5.32 Å². The van der Waals surface area contributed by atoms with Crippen LogP contribution in [0.1, 0.15) is 29.4 Å². The molecule has 0 spiro atoms. The highest BCUT2D eigenvalue weighted by Crippen LogP contribution is 2.13. The highest BCUT2D eigenvalue weighted by Gasteiger charge is 2.02. The molecule has 1 N–H and O–H groups in total. The van der Waals surface area contributed by atoms with Gasteiger partial charge < -0.3 is 5.32 Å². The Morgan fingerprint density at radius 3 is 2.94 bits per heavy atom. The van der Waals surface area contributed by atoms with Gasteiger partial charge in [-0.15, -0.1) is 11.3 Å². The zero-order valence-corrected chi connectivity index (χ0v) is 11.1. The van der Waals surface area contributed by atoms with E-state index in [4.69, 9.17) is 0 Å². The molecular weight excluding hydrogens is 232 g/mol. The van der Waals surface area contributed by atoms with Crippen molar-refractivity contribution in [2.45, 2.75) is 39.9 Å². The largest absolute Gasteiger partial charge is 0.305 e. The number of hydrogen-bond acceptors (Lipinski definition) is 4. The number of hydrogen-bond donors (Lipinski definition) is 1. The van der Waals surface area contributed by atoms with Crippen molar-refractivity contribution < 1.29 is 0 Å². The lowest BCUT2D eigenvalue weighted by molar-refractivity contribution is 0.581. The molecule has 17 heavy (non-hydrogen) atoms. The van der Waals surface area contributed by atoms with Gasteiger partial charge >= 0.3 is 0 Å². The lowest BCUT2D eigenvalue weighted by Gasteiger charge is -2.05. The maximum atomic E-state index is 4.38. The van der Waals surface area contributed by atoms with Crippen LogP contribution in [0.3, 0.4) is 0 Å². The van der Waals surface area contributed by atoms with Gasteiger partial charge in [0, 0.05) is 36.9 Å². The minimum absolute atomic E-state index is 0.833. The lowest BCUT2D eigenvalue weighted by Crippen LogP contribution is -2.15. The normalized spacial score (nSPS) is 10.9. The summed E-state index contributed by atoms with van der Waals surface area (Å²) in [4.78, 5) is 5.73. The van der Waals surface area contributed by atoms with Gasteiger partial charge in [0.1, 0.15) is 5.01 Å². The van der Waals surface area contributed by atoms with Crippen LogP contribution in [0.2, 0.25) is 0 Å². The summed E-state index contributed by atoms with van der Waals surface area (Å²) in [6.45, 7) is 6.85. The number of thiazole rings is 1. The van der Waals surface area contributed by atoms with Crippen molar-refractivity contribution in [3.63, 3.8) is 0 Å². The number of rotatable bonds is 6. The van der Waals surface area contributed by atoms with Crippen LogP contribution in [0, 0.1) is 0 Å². The second-order valence-electron chi connectivity index (χ2n) is 3.82. The van der Waals surface area contributed by atoms with Gasteiger partial charge in [0.25, 0.3) is 0 Å². The molecule has 92 valence electrons. The van der Waals surface area contributed by atoms with Crippen LogP contribution in [0.4, 0.5) is 0 Å². The third kappa shape index (κ3) is 3.14. The molecule has 0 fully saturated rings. The van der Waals surface area contributed by atoms with Gasteiger partial charge in [-0.05, 0) is 19.4 Å². The molecule has 2 aromatic rings. The van der Waals surface area contributed by atoms with E-state index in [1.807, 2.05) is 17.1 Å². The van der Waals surface area contributed by atoms with E-state index in [1.165, 1.54) is 10.6 Å². The summed E-state index contributed by atoms with van der Waals surface area (Å²) in [5, 5.41) is 8.80. The summed E-state index contributed by atoms with van der Waals surface area (Å²) < 4.78 is 2.01. The topological polar surface area (TPSA) is 42.7 Å². The highest BCUT2D eigenvalue weighted by molar-refractivity contribution is 7.11. The number of aromatic nitrogens is 3. The number of nitrogens with zero attached hydrogens (tertiary/aromatic N) is 3. The Morgan fingerprint density at radius 2 is 2.24 bits per heavy atom. The van der Waals surface area contributed by atoms with Gasteiger partial charge in [-0.1, -0.05) is 6.92 Å². The highest BCUT2D eigenvalue weighted by atomic mass is 32.1. The summed E-state index contributed by atoms with van der Waals surface area (Å²) in [6.07, 6.45) is 4.89. The van der Waals surface area contributed by atoms with Crippen LogP contribution in [-0.2, 0) is 26.1 Å². The summed E-state index contributed by atoms with van der Waals surface area (Å²) in [5.74, 6) is 0. The molecule has 0 atom stereocenters. The molecule has 0 amide bonds. The van der Waals surface area contributed by atoms with E-state index < -0.39 is 0 Å². The van der Waals surface area contributed by atoms with Crippen LogP contribution in [0.15, 0.2) is 18.5 Å². The molecule has 0 aliphatic carbocycles. The average molecular weight is 250 g/mol. The quantitative estimate of drug-likeness (QED) is 0.854. The lowest BCUT2D eigenvalue weighted by atomic mass is 10.4. The first kappa shape index (κ1) is 12.3. The Kier molecular flexibility index (Phi) is 4.28. The molecule has 2 heterocycles. The SMILES string of the molecule is CCc1cnc(CNCc2ccnn2CC)s1. The first-order chi connectivity index (χ1) is 8.33. The zero-order valence-electron chi connectivity index (χ0n) is 10.3. The fraction of sp³-hybridized carbons (Fsp3) is 0.500. The van der Waals surface area contributed by atoms with Gasteiger partial charge in [0.15, 0.2) is 0 Å². The van der Waals surface area contributed by atoms with Crippen molar-refractivity contribution in [1.82, 2.24) is 20.1 Å². The molecule has 0 unspecified atom stereocenters. The predicted molar refractivity (Wildman–Crippen MR) is 69.9 cm³/mol. The summed E-state index contributed by atoms with van der Waals surface area (Å²) in [5.41, 5.74) is 1.22. The minimum atomic E-state index is 0.833. The fourth-order valence-corrected chi connectivity index (χ4v) is 2.52. The third-order valence-electron chi connectivity index (χ3n) is 2.64. The number of nitrogens with one attached hydrogen (secondary N) is 1. The Bertz CT molecular complexity index is 461. The van der Waals surface area contributed by atoms with E-state index in [0.717, 1.165) is 31.1 Å². The van der Waals surface area contributed by atoms with E-state index >= 15 is 0 Å². The van der Waals surface area contributed by atoms with Gasteiger partial charge in [0.05, 0.1) is 5.69 Å². The van der Waals surface area contributed by atoms with Gasteiger partial charge in [-0.3, -0.25) is 4.68 Å². The molecule has 0 aliphatic rings. The smallest absolute Gasteiger partial charge is 0.107 e. The van der Waals surface area contributed by atoms with Crippen molar-refractivity contribution in [2.75, 3.05) is 0 Å². The average Bonchev–Trinajstić information content (AvgIpc) is 2.97. The molecule has 0 saturated heterocycles. The van der Waals surface area contributed by atoms with Crippen LogP contribution in [0.25, 0.3) is 0 Å². The standard InChI is InChI=1S/C12H18N4S/c1-3-11-8-14-12(17-11)9-13-7-10-5-6-15-16(10)4-2/h5-6,8,13H,3-4,7,9H2,1-2H3. The molecule has 0 aromatic carbocycles. The molecule has 4 nitrogen and oxygen atoms in total. The molecule has 2 aromatic heterocycles. The predicted octanol–water partition coefficient (Wildman–Crippen LogP) is 2.21.